The number of aromatic carboxylic acids is 1. The lowest BCUT2D eigenvalue weighted by Gasteiger charge is -2.12. The van der Waals surface area contributed by atoms with Crippen molar-refractivity contribution >= 4 is 11.5 Å². The van der Waals surface area contributed by atoms with Crippen molar-refractivity contribution < 1.29 is 14.6 Å². The van der Waals surface area contributed by atoms with Crippen LogP contribution in [0.25, 0.3) is 5.57 Å². The molecule has 1 aliphatic rings. The van der Waals surface area contributed by atoms with Crippen molar-refractivity contribution in [3.8, 4) is 5.75 Å². The molecule has 0 aromatic heterocycles. The monoisotopic (exact) mass is 280 g/mol. The average molecular weight is 280 g/mol. The minimum Gasteiger partial charge on any atom is -0.488 e. The second-order valence-electron chi connectivity index (χ2n) is 5.17. The third kappa shape index (κ3) is 2.68. The van der Waals surface area contributed by atoms with E-state index in [1.54, 1.807) is 24.3 Å². The summed E-state index contributed by atoms with van der Waals surface area (Å²) >= 11 is 0. The first-order chi connectivity index (χ1) is 10.1. The maximum Gasteiger partial charge on any atom is 0.335 e. The second kappa shape index (κ2) is 5.44. The van der Waals surface area contributed by atoms with Gasteiger partial charge >= 0.3 is 5.97 Å². The highest BCUT2D eigenvalue weighted by atomic mass is 16.5. The van der Waals surface area contributed by atoms with Gasteiger partial charge in [0.1, 0.15) is 12.4 Å². The number of fused-ring (bicyclic) bond motifs is 1. The predicted molar refractivity (Wildman–Crippen MR) is 81.5 cm³/mol. The molecule has 0 aliphatic heterocycles. The van der Waals surface area contributed by atoms with Crippen LogP contribution in [0.4, 0.5) is 0 Å². The zero-order chi connectivity index (χ0) is 14.8. The molecule has 3 nitrogen and oxygen atoms in total. The first-order valence-corrected chi connectivity index (χ1v) is 6.89. The van der Waals surface area contributed by atoms with Crippen molar-refractivity contribution in [1.29, 1.82) is 0 Å². The zero-order valence-corrected chi connectivity index (χ0v) is 11.8. The minimum absolute atomic E-state index is 0.290. The van der Waals surface area contributed by atoms with E-state index in [0.717, 1.165) is 17.7 Å². The normalized spacial score (nSPS) is 12.7. The Morgan fingerprint density at radius 2 is 1.95 bits per heavy atom. The van der Waals surface area contributed by atoms with E-state index in [0.29, 0.717) is 6.61 Å². The highest BCUT2D eigenvalue weighted by Gasteiger charge is 2.15. The van der Waals surface area contributed by atoms with Gasteiger partial charge in [0.15, 0.2) is 0 Å². The van der Waals surface area contributed by atoms with Gasteiger partial charge in [0, 0.05) is 5.56 Å². The Morgan fingerprint density at radius 3 is 2.67 bits per heavy atom. The summed E-state index contributed by atoms with van der Waals surface area (Å²) in [6.45, 7) is 2.53. The molecule has 3 heteroatoms. The van der Waals surface area contributed by atoms with Crippen LogP contribution in [0.2, 0.25) is 0 Å². The number of rotatable bonds is 4. The molecule has 0 saturated carbocycles. The number of hydrogen-bond acceptors (Lipinski definition) is 2. The van der Waals surface area contributed by atoms with Crippen LogP contribution in [-0.4, -0.2) is 11.1 Å². The van der Waals surface area contributed by atoms with Crippen LogP contribution >= 0.6 is 0 Å². The minimum atomic E-state index is -0.913. The zero-order valence-electron chi connectivity index (χ0n) is 11.8. The fraction of sp³-hybridized carbons (Fsp3) is 0.167. The Morgan fingerprint density at radius 1 is 1.19 bits per heavy atom. The Labute approximate surface area is 123 Å². The van der Waals surface area contributed by atoms with Crippen molar-refractivity contribution in [2.45, 2.75) is 20.0 Å². The van der Waals surface area contributed by atoms with Crippen molar-refractivity contribution in [3.05, 3.63) is 70.8 Å². The summed E-state index contributed by atoms with van der Waals surface area (Å²) in [5, 5.41) is 8.88. The van der Waals surface area contributed by atoms with E-state index in [1.807, 2.05) is 12.1 Å². The van der Waals surface area contributed by atoms with Gasteiger partial charge in [-0.3, -0.25) is 0 Å². The molecule has 3 rings (SSSR count). The number of carboxylic acid groups (broad SMARTS) is 1. The molecule has 0 radical (unpaired) electrons. The largest absolute Gasteiger partial charge is 0.488 e. The summed E-state index contributed by atoms with van der Waals surface area (Å²) in [7, 11) is 0. The van der Waals surface area contributed by atoms with E-state index in [9.17, 15) is 4.79 Å². The van der Waals surface area contributed by atoms with Crippen LogP contribution in [-0.2, 0) is 13.0 Å². The third-order valence-electron chi connectivity index (χ3n) is 3.73. The maximum absolute atomic E-state index is 10.8. The summed E-state index contributed by atoms with van der Waals surface area (Å²) in [5.41, 5.74) is 4.99. The van der Waals surface area contributed by atoms with E-state index in [4.69, 9.17) is 9.84 Å². The Bertz CT molecular complexity index is 712. The van der Waals surface area contributed by atoms with Crippen LogP contribution in [0.1, 0.15) is 34.0 Å². The summed E-state index contributed by atoms with van der Waals surface area (Å²) < 4.78 is 5.92. The van der Waals surface area contributed by atoms with Gasteiger partial charge in [-0.15, -0.1) is 0 Å². The smallest absolute Gasteiger partial charge is 0.335 e. The van der Waals surface area contributed by atoms with Crippen LogP contribution in [0.5, 0.6) is 5.75 Å². The lowest BCUT2D eigenvalue weighted by atomic mass is 10.1. The van der Waals surface area contributed by atoms with Crippen LogP contribution in [0.3, 0.4) is 0 Å². The maximum atomic E-state index is 10.8. The van der Waals surface area contributed by atoms with E-state index >= 15 is 0 Å². The second-order valence-corrected chi connectivity index (χ2v) is 5.17. The average Bonchev–Trinajstić information content (AvgIpc) is 2.88. The molecule has 0 spiro atoms. The molecule has 0 atom stereocenters. The fourth-order valence-electron chi connectivity index (χ4n) is 2.58. The highest BCUT2D eigenvalue weighted by molar-refractivity contribution is 5.87. The summed E-state index contributed by atoms with van der Waals surface area (Å²) in [6.07, 6.45) is 3.17. The number of carboxylic acids is 1. The molecule has 1 N–H and O–H groups in total. The predicted octanol–water partition coefficient (Wildman–Crippen LogP) is 3.92. The number of carbonyl (C=O) groups is 1. The Hall–Kier alpha value is -2.55. The van der Waals surface area contributed by atoms with Crippen LogP contribution in [0.15, 0.2) is 48.5 Å². The number of hydrogen-bond donors (Lipinski definition) is 1. The van der Waals surface area contributed by atoms with Gasteiger partial charge in [0.05, 0.1) is 5.56 Å². The van der Waals surface area contributed by atoms with Gasteiger partial charge in [0.2, 0.25) is 0 Å². The van der Waals surface area contributed by atoms with Gasteiger partial charge < -0.3 is 9.84 Å². The Balaban J connectivity index is 1.75. The lowest BCUT2D eigenvalue weighted by molar-refractivity contribution is 0.0697. The summed E-state index contributed by atoms with van der Waals surface area (Å²) in [4.78, 5) is 10.8. The molecule has 0 unspecified atom stereocenters. The van der Waals surface area contributed by atoms with Crippen molar-refractivity contribution in [2.24, 2.45) is 0 Å². The van der Waals surface area contributed by atoms with Gasteiger partial charge in [-0.1, -0.05) is 30.3 Å². The van der Waals surface area contributed by atoms with Crippen molar-refractivity contribution in [1.82, 2.24) is 0 Å². The molecule has 21 heavy (non-hydrogen) atoms. The number of allylic oxidation sites excluding steroid dienone is 2. The fourth-order valence-corrected chi connectivity index (χ4v) is 2.58. The van der Waals surface area contributed by atoms with Crippen LogP contribution in [0, 0.1) is 0 Å². The Kier molecular flexibility index (Phi) is 3.48. The summed E-state index contributed by atoms with van der Waals surface area (Å²) in [6, 6.07) is 12.9. The van der Waals surface area contributed by atoms with Crippen molar-refractivity contribution in [3.63, 3.8) is 0 Å². The standard InChI is InChI=1S/C18H16O3/c1-12-5-8-14-3-2-4-16(17(12)14)21-11-13-6-9-15(10-7-13)18(19)20/h2-7,9-10H,8,11H2,1H3,(H,19,20). The number of ether oxygens (including phenoxy) is 1. The molecular formula is C18H16O3. The van der Waals surface area contributed by atoms with Crippen molar-refractivity contribution in [2.75, 3.05) is 0 Å². The van der Waals surface area contributed by atoms with E-state index < -0.39 is 5.97 Å². The molecule has 2 aromatic carbocycles. The van der Waals surface area contributed by atoms with Gasteiger partial charge in [-0.25, -0.2) is 4.79 Å². The van der Waals surface area contributed by atoms with Crippen LogP contribution < -0.4 is 4.74 Å². The van der Waals surface area contributed by atoms with Gasteiger partial charge in [-0.2, -0.15) is 0 Å². The molecule has 1 aliphatic carbocycles. The quantitative estimate of drug-likeness (QED) is 0.923. The molecule has 106 valence electrons. The SMILES string of the molecule is CC1=CCc2cccc(OCc3ccc(C(=O)O)cc3)c21. The number of benzene rings is 2. The third-order valence-corrected chi connectivity index (χ3v) is 3.73. The highest BCUT2D eigenvalue weighted by Crippen LogP contribution is 2.35. The molecule has 0 amide bonds. The first kappa shape index (κ1) is 13.4. The molecule has 0 fully saturated rings. The lowest BCUT2D eigenvalue weighted by Crippen LogP contribution is -2.00. The van der Waals surface area contributed by atoms with E-state index in [1.165, 1.54) is 16.7 Å². The molecular weight excluding hydrogens is 264 g/mol. The van der Waals surface area contributed by atoms with E-state index in [2.05, 4.69) is 19.1 Å². The molecule has 0 saturated heterocycles. The summed E-state index contributed by atoms with van der Waals surface area (Å²) in [5.74, 6) is -0.0230. The first-order valence-electron chi connectivity index (χ1n) is 6.89. The molecule has 2 aromatic rings. The van der Waals surface area contributed by atoms with E-state index in [-0.39, 0.29) is 5.56 Å². The van der Waals surface area contributed by atoms with Gasteiger partial charge in [0.25, 0.3) is 0 Å². The molecule has 0 heterocycles. The van der Waals surface area contributed by atoms with Gasteiger partial charge in [-0.05, 0) is 48.2 Å². The molecule has 0 bridgehead atoms. The topological polar surface area (TPSA) is 46.5 Å².